The summed E-state index contributed by atoms with van der Waals surface area (Å²) in [6, 6.07) is 0. The van der Waals surface area contributed by atoms with E-state index in [1.165, 1.54) is 25.7 Å². The fourth-order valence-corrected chi connectivity index (χ4v) is 1.41. The smallest absolute Gasteiger partial charge is 0.0594 e. The fraction of sp³-hybridized carbons (Fsp3) is 1.00. The van der Waals surface area contributed by atoms with E-state index in [9.17, 15) is 0 Å². The summed E-state index contributed by atoms with van der Waals surface area (Å²) in [7, 11) is 0. The van der Waals surface area contributed by atoms with E-state index >= 15 is 0 Å². The van der Waals surface area contributed by atoms with E-state index in [4.69, 9.17) is 4.74 Å². The summed E-state index contributed by atoms with van der Waals surface area (Å²) in [5.41, 5.74) is 0. The second-order valence-corrected chi connectivity index (χ2v) is 4.26. The van der Waals surface area contributed by atoms with Gasteiger partial charge in [0, 0.05) is 6.54 Å². The Morgan fingerprint density at radius 3 is 2.69 bits per heavy atom. The highest BCUT2D eigenvalue weighted by Gasteiger charge is 2.19. The Labute approximate surface area is 82.0 Å². The zero-order valence-electron chi connectivity index (χ0n) is 9.01. The van der Waals surface area contributed by atoms with E-state index in [1.54, 1.807) is 0 Å². The third kappa shape index (κ3) is 7.03. The van der Waals surface area contributed by atoms with E-state index < -0.39 is 0 Å². The van der Waals surface area contributed by atoms with Gasteiger partial charge in [-0.15, -0.1) is 0 Å². The van der Waals surface area contributed by atoms with E-state index in [0.717, 1.165) is 25.6 Å². The predicted octanol–water partition coefficient (Wildman–Crippen LogP) is 2.19. The first kappa shape index (κ1) is 11.0. The molecule has 0 radical (unpaired) electrons. The number of ether oxygens (including phenoxy) is 1. The zero-order chi connectivity index (χ0) is 9.52. The van der Waals surface area contributed by atoms with Crippen molar-refractivity contribution in [2.24, 2.45) is 5.92 Å². The first-order chi connectivity index (χ1) is 6.29. The van der Waals surface area contributed by atoms with Gasteiger partial charge in [-0.05, 0) is 39.2 Å². The van der Waals surface area contributed by atoms with Gasteiger partial charge in [-0.2, -0.15) is 0 Å². The van der Waals surface area contributed by atoms with Crippen molar-refractivity contribution in [3.8, 4) is 0 Å². The van der Waals surface area contributed by atoms with Crippen molar-refractivity contribution >= 4 is 0 Å². The second-order valence-electron chi connectivity index (χ2n) is 4.26. The van der Waals surface area contributed by atoms with Crippen molar-refractivity contribution in [1.29, 1.82) is 0 Å². The van der Waals surface area contributed by atoms with Gasteiger partial charge < -0.3 is 10.1 Å². The summed E-state index contributed by atoms with van der Waals surface area (Å²) in [5.74, 6) is 1.08. The molecule has 0 aliphatic heterocycles. The molecule has 0 amide bonds. The Hall–Kier alpha value is -0.0800. The molecule has 1 fully saturated rings. The molecule has 13 heavy (non-hydrogen) atoms. The standard InChI is InChI=1S/C11H23NO/c1-10(2)13-9-8-12-7-3-4-11-5-6-11/h10-12H,3-9H2,1-2H3. The van der Waals surface area contributed by atoms with Crippen LogP contribution in [0.4, 0.5) is 0 Å². The first-order valence-electron chi connectivity index (χ1n) is 5.61. The van der Waals surface area contributed by atoms with Gasteiger partial charge in [0.2, 0.25) is 0 Å². The third-order valence-electron chi connectivity index (χ3n) is 2.39. The van der Waals surface area contributed by atoms with Gasteiger partial charge in [-0.3, -0.25) is 0 Å². The number of rotatable bonds is 8. The lowest BCUT2D eigenvalue weighted by atomic mass is 10.2. The minimum atomic E-state index is 0.369. The summed E-state index contributed by atoms with van der Waals surface area (Å²) in [6.07, 6.45) is 6.10. The summed E-state index contributed by atoms with van der Waals surface area (Å²) in [6.45, 7) is 7.17. The van der Waals surface area contributed by atoms with Crippen LogP contribution < -0.4 is 5.32 Å². The Balaban J connectivity index is 1.68. The minimum Gasteiger partial charge on any atom is -0.377 e. The first-order valence-corrected chi connectivity index (χ1v) is 5.61. The topological polar surface area (TPSA) is 21.3 Å². The molecule has 1 aliphatic rings. The summed E-state index contributed by atoms with van der Waals surface area (Å²) >= 11 is 0. The molecular weight excluding hydrogens is 162 g/mol. The maximum absolute atomic E-state index is 5.42. The van der Waals surface area contributed by atoms with Crippen LogP contribution in [-0.4, -0.2) is 25.8 Å². The number of nitrogens with one attached hydrogen (secondary N) is 1. The van der Waals surface area contributed by atoms with E-state index in [0.29, 0.717) is 6.10 Å². The van der Waals surface area contributed by atoms with E-state index in [1.807, 2.05) is 0 Å². The van der Waals surface area contributed by atoms with Gasteiger partial charge in [0.25, 0.3) is 0 Å². The maximum Gasteiger partial charge on any atom is 0.0594 e. The summed E-state index contributed by atoms with van der Waals surface area (Å²) in [5, 5.41) is 3.40. The zero-order valence-corrected chi connectivity index (χ0v) is 9.01. The summed E-state index contributed by atoms with van der Waals surface area (Å²) in [4.78, 5) is 0. The largest absolute Gasteiger partial charge is 0.377 e. The van der Waals surface area contributed by atoms with Crippen LogP contribution in [0.25, 0.3) is 0 Å². The molecule has 0 aromatic rings. The van der Waals surface area contributed by atoms with Crippen LogP contribution in [0, 0.1) is 5.92 Å². The van der Waals surface area contributed by atoms with Crippen molar-refractivity contribution in [2.45, 2.75) is 45.6 Å². The molecule has 2 heteroatoms. The summed E-state index contributed by atoms with van der Waals surface area (Å²) < 4.78 is 5.42. The molecule has 1 rings (SSSR count). The Morgan fingerprint density at radius 1 is 1.31 bits per heavy atom. The molecule has 0 aromatic carbocycles. The van der Waals surface area contributed by atoms with Crippen LogP contribution in [-0.2, 0) is 4.74 Å². The quantitative estimate of drug-likeness (QED) is 0.585. The van der Waals surface area contributed by atoms with Gasteiger partial charge in [0.15, 0.2) is 0 Å². The van der Waals surface area contributed by atoms with Crippen LogP contribution in [0.5, 0.6) is 0 Å². The maximum atomic E-state index is 5.42. The van der Waals surface area contributed by atoms with Crippen molar-refractivity contribution in [2.75, 3.05) is 19.7 Å². The molecule has 1 saturated carbocycles. The SMILES string of the molecule is CC(C)OCCNCCCC1CC1. The molecule has 0 saturated heterocycles. The molecule has 2 nitrogen and oxygen atoms in total. The Morgan fingerprint density at radius 2 is 2.08 bits per heavy atom. The molecule has 0 bridgehead atoms. The van der Waals surface area contributed by atoms with E-state index in [2.05, 4.69) is 19.2 Å². The lowest BCUT2D eigenvalue weighted by Crippen LogP contribution is -2.22. The van der Waals surface area contributed by atoms with Crippen molar-refractivity contribution in [3.05, 3.63) is 0 Å². The molecule has 1 N–H and O–H groups in total. The van der Waals surface area contributed by atoms with Crippen molar-refractivity contribution in [3.63, 3.8) is 0 Å². The lowest BCUT2D eigenvalue weighted by Gasteiger charge is -2.08. The van der Waals surface area contributed by atoms with E-state index in [-0.39, 0.29) is 0 Å². The highest BCUT2D eigenvalue weighted by Crippen LogP contribution is 2.33. The molecule has 0 heterocycles. The molecule has 1 aliphatic carbocycles. The fourth-order valence-electron chi connectivity index (χ4n) is 1.41. The van der Waals surface area contributed by atoms with Crippen molar-refractivity contribution < 1.29 is 4.74 Å². The molecule has 78 valence electrons. The molecule has 0 unspecified atom stereocenters. The molecule has 0 spiro atoms. The van der Waals surface area contributed by atoms with Gasteiger partial charge >= 0.3 is 0 Å². The number of hydrogen-bond donors (Lipinski definition) is 1. The normalized spacial score (nSPS) is 16.8. The average Bonchev–Trinajstić information content (AvgIpc) is 2.86. The highest BCUT2D eigenvalue weighted by atomic mass is 16.5. The van der Waals surface area contributed by atoms with Gasteiger partial charge in [0.1, 0.15) is 0 Å². The lowest BCUT2D eigenvalue weighted by molar-refractivity contribution is 0.0809. The van der Waals surface area contributed by atoms with Gasteiger partial charge in [-0.1, -0.05) is 12.8 Å². The van der Waals surface area contributed by atoms with Gasteiger partial charge in [0.05, 0.1) is 12.7 Å². The second kappa shape index (κ2) is 6.39. The minimum absolute atomic E-state index is 0.369. The third-order valence-corrected chi connectivity index (χ3v) is 2.39. The van der Waals surface area contributed by atoms with Crippen LogP contribution in [0.3, 0.4) is 0 Å². The number of hydrogen-bond acceptors (Lipinski definition) is 2. The van der Waals surface area contributed by atoms with Crippen LogP contribution in [0.15, 0.2) is 0 Å². The van der Waals surface area contributed by atoms with Crippen LogP contribution >= 0.6 is 0 Å². The monoisotopic (exact) mass is 185 g/mol. The highest BCUT2D eigenvalue weighted by molar-refractivity contribution is 4.72. The molecule has 0 aromatic heterocycles. The molecule has 0 atom stereocenters. The average molecular weight is 185 g/mol. The predicted molar refractivity (Wildman–Crippen MR) is 55.9 cm³/mol. The van der Waals surface area contributed by atoms with Crippen LogP contribution in [0.1, 0.15) is 39.5 Å². The molecular formula is C11H23NO. The van der Waals surface area contributed by atoms with Gasteiger partial charge in [-0.25, -0.2) is 0 Å². The van der Waals surface area contributed by atoms with Crippen molar-refractivity contribution in [1.82, 2.24) is 5.32 Å². The van der Waals surface area contributed by atoms with Crippen LogP contribution in [0.2, 0.25) is 0 Å². The Bertz CT molecular complexity index is 115. The Kier molecular flexibility index (Phi) is 5.40.